The molecule has 1 aliphatic heterocycles. The Morgan fingerprint density at radius 1 is 1.56 bits per heavy atom. The van der Waals surface area contributed by atoms with Crippen molar-refractivity contribution in [2.45, 2.75) is 38.6 Å². The van der Waals surface area contributed by atoms with Crippen molar-refractivity contribution in [3.8, 4) is 0 Å². The normalized spacial score (nSPS) is 21.1. The van der Waals surface area contributed by atoms with Crippen molar-refractivity contribution in [1.29, 1.82) is 0 Å². The van der Waals surface area contributed by atoms with Crippen LogP contribution in [-0.4, -0.2) is 23.4 Å². The highest BCUT2D eigenvalue weighted by Crippen LogP contribution is 2.22. The summed E-state index contributed by atoms with van der Waals surface area (Å²) in [6.45, 7) is 3.01. The highest BCUT2D eigenvalue weighted by Gasteiger charge is 2.27. The number of piperidine rings is 1. The molecule has 0 N–H and O–H groups in total. The number of carbonyl (C=O) groups is 1. The lowest BCUT2D eigenvalue weighted by molar-refractivity contribution is 0.0574. The van der Waals surface area contributed by atoms with Crippen LogP contribution >= 0.6 is 22.6 Å². The molecule has 1 saturated heterocycles. The van der Waals surface area contributed by atoms with Gasteiger partial charge in [-0.3, -0.25) is 4.79 Å². The van der Waals surface area contributed by atoms with Crippen molar-refractivity contribution >= 4 is 28.5 Å². The molecule has 1 aromatic rings. The molecule has 1 aliphatic rings. The number of hydrogen-bond acceptors (Lipinski definition) is 2. The molecular formula is C12H16INO2. The first kappa shape index (κ1) is 12.0. The molecule has 1 aromatic heterocycles. The first-order valence-electron chi connectivity index (χ1n) is 5.78. The maximum absolute atomic E-state index is 12.2. The molecule has 3 nitrogen and oxygen atoms in total. The second-order valence-corrected chi connectivity index (χ2v) is 5.22. The van der Waals surface area contributed by atoms with Crippen LogP contribution in [0.4, 0.5) is 0 Å². The van der Waals surface area contributed by atoms with Gasteiger partial charge in [-0.05, 0) is 60.4 Å². The molecule has 0 aliphatic carbocycles. The molecular weight excluding hydrogens is 317 g/mol. The van der Waals surface area contributed by atoms with Gasteiger partial charge >= 0.3 is 0 Å². The number of amides is 1. The Kier molecular flexibility index (Phi) is 3.89. The minimum atomic E-state index is 0.0504. The van der Waals surface area contributed by atoms with E-state index < -0.39 is 0 Å². The summed E-state index contributed by atoms with van der Waals surface area (Å²) in [5.41, 5.74) is 0. The standard InChI is InChI=1S/C12H16INO2/c1-2-9-5-3-4-8-14(9)12(15)10-6-7-11(13)16-10/h6-7,9H,2-5,8H2,1H3/t9-/m1/s1. The molecule has 0 bridgehead atoms. The van der Waals surface area contributed by atoms with Gasteiger partial charge in [-0.2, -0.15) is 0 Å². The zero-order chi connectivity index (χ0) is 11.5. The van der Waals surface area contributed by atoms with Crippen molar-refractivity contribution < 1.29 is 9.21 Å². The summed E-state index contributed by atoms with van der Waals surface area (Å²) in [5, 5.41) is 0. The van der Waals surface area contributed by atoms with E-state index in [1.807, 2.05) is 11.0 Å². The monoisotopic (exact) mass is 333 g/mol. The fourth-order valence-corrected chi connectivity index (χ4v) is 2.68. The molecule has 0 aromatic carbocycles. The van der Waals surface area contributed by atoms with Gasteiger partial charge in [-0.1, -0.05) is 6.92 Å². The van der Waals surface area contributed by atoms with E-state index in [0.717, 1.165) is 29.6 Å². The summed E-state index contributed by atoms with van der Waals surface area (Å²) >= 11 is 2.08. The summed E-state index contributed by atoms with van der Waals surface area (Å²) in [4.78, 5) is 14.2. The SMILES string of the molecule is CC[C@@H]1CCCCN1C(=O)c1ccc(I)o1. The Labute approximate surface area is 109 Å². The van der Waals surface area contributed by atoms with E-state index in [4.69, 9.17) is 4.42 Å². The molecule has 0 radical (unpaired) electrons. The quantitative estimate of drug-likeness (QED) is 0.778. The minimum absolute atomic E-state index is 0.0504. The molecule has 88 valence electrons. The Morgan fingerprint density at radius 2 is 2.38 bits per heavy atom. The van der Waals surface area contributed by atoms with Gasteiger partial charge in [-0.25, -0.2) is 0 Å². The Bertz CT molecular complexity index is 375. The van der Waals surface area contributed by atoms with Crippen LogP contribution in [0.3, 0.4) is 0 Å². The van der Waals surface area contributed by atoms with Gasteiger partial charge in [-0.15, -0.1) is 0 Å². The summed E-state index contributed by atoms with van der Waals surface area (Å²) in [6, 6.07) is 3.99. The number of likely N-dealkylation sites (tertiary alicyclic amines) is 1. The van der Waals surface area contributed by atoms with E-state index in [2.05, 4.69) is 29.5 Å². The predicted octanol–water partition coefficient (Wildman–Crippen LogP) is 3.29. The van der Waals surface area contributed by atoms with E-state index in [0.29, 0.717) is 11.8 Å². The van der Waals surface area contributed by atoms with Crippen molar-refractivity contribution in [1.82, 2.24) is 4.90 Å². The van der Waals surface area contributed by atoms with Gasteiger partial charge < -0.3 is 9.32 Å². The molecule has 0 unspecified atom stereocenters. The Morgan fingerprint density at radius 3 is 3.00 bits per heavy atom. The lowest BCUT2D eigenvalue weighted by Gasteiger charge is -2.34. The van der Waals surface area contributed by atoms with Gasteiger partial charge in [0.05, 0.1) is 0 Å². The third kappa shape index (κ3) is 2.42. The first-order chi connectivity index (χ1) is 7.72. The zero-order valence-corrected chi connectivity index (χ0v) is 11.6. The molecule has 1 atom stereocenters. The third-order valence-corrected chi connectivity index (χ3v) is 3.72. The van der Waals surface area contributed by atoms with Gasteiger partial charge in [0.1, 0.15) is 0 Å². The fourth-order valence-electron chi connectivity index (χ4n) is 2.26. The highest BCUT2D eigenvalue weighted by atomic mass is 127. The Balaban J connectivity index is 2.13. The van der Waals surface area contributed by atoms with E-state index in [1.54, 1.807) is 6.07 Å². The molecule has 0 saturated carbocycles. The summed E-state index contributed by atoms with van der Waals surface area (Å²) in [5.74, 6) is 0.527. The van der Waals surface area contributed by atoms with Gasteiger partial charge in [0.25, 0.3) is 5.91 Å². The van der Waals surface area contributed by atoms with E-state index in [-0.39, 0.29) is 5.91 Å². The van der Waals surface area contributed by atoms with Gasteiger partial charge in [0.2, 0.25) is 0 Å². The second kappa shape index (κ2) is 5.21. The highest BCUT2D eigenvalue weighted by molar-refractivity contribution is 14.1. The van der Waals surface area contributed by atoms with E-state index in [1.165, 1.54) is 6.42 Å². The molecule has 1 amide bonds. The van der Waals surface area contributed by atoms with Crippen LogP contribution in [-0.2, 0) is 0 Å². The van der Waals surface area contributed by atoms with Crippen molar-refractivity contribution in [3.05, 3.63) is 21.7 Å². The predicted molar refractivity (Wildman–Crippen MR) is 70.4 cm³/mol. The van der Waals surface area contributed by atoms with E-state index >= 15 is 0 Å². The number of halogens is 1. The minimum Gasteiger partial charge on any atom is -0.445 e. The number of carbonyl (C=O) groups excluding carboxylic acids is 1. The topological polar surface area (TPSA) is 33.5 Å². The summed E-state index contributed by atoms with van der Waals surface area (Å²) < 4.78 is 6.16. The summed E-state index contributed by atoms with van der Waals surface area (Å²) in [7, 11) is 0. The number of rotatable bonds is 2. The molecule has 2 heterocycles. The van der Waals surface area contributed by atoms with Crippen molar-refractivity contribution in [3.63, 3.8) is 0 Å². The van der Waals surface area contributed by atoms with Crippen LogP contribution < -0.4 is 0 Å². The molecule has 0 spiro atoms. The Hall–Kier alpha value is -0.520. The largest absolute Gasteiger partial charge is 0.445 e. The van der Waals surface area contributed by atoms with Crippen molar-refractivity contribution in [2.24, 2.45) is 0 Å². The molecule has 16 heavy (non-hydrogen) atoms. The van der Waals surface area contributed by atoms with Gasteiger partial charge in [0.15, 0.2) is 9.53 Å². The molecule has 2 rings (SSSR count). The average molecular weight is 333 g/mol. The maximum atomic E-state index is 12.2. The summed E-state index contributed by atoms with van der Waals surface area (Å²) in [6.07, 6.45) is 4.50. The van der Waals surface area contributed by atoms with Crippen molar-refractivity contribution in [2.75, 3.05) is 6.54 Å². The average Bonchev–Trinajstić information content (AvgIpc) is 2.75. The molecule has 1 fully saturated rings. The van der Waals surface area contributed by atoms with Crippen LogP contribution in [0.1, 0.15) is 43.2 Å². The van der Waals surface area contributed by atoms with Crippen LogP contribution in [0.2, 0.25) is 0 Å². The lowest BCUT2D eigenvalue weighted by Crippen LogP contribution is -2.43. The van der Waals surface area contributed by atoms with Crippen LogP contribution in [0.25, 0.3) is 0 Å². The van der Waals surface area contributed by atoms with Gasteiger partial charge in [0, 0.05) is 12.6 Å². The van der Waals surface area contributed by atoms with E-state index in [9.17, 15) is 4.79 Å². The fraction of sp³-hybridized carbons (Fsp3) is 0.583. The maximum Gasteiger partial charge on any atom is 0.289 e. The second-order valence-electron chi connectivity index (χ2n) is 4.16. The first-order valence-corrected chi connectivity index (χ1v) is 6.86. The molecule has 4 heteroatoms. The number of nitrogens with zero attached hydrogens (tertiary/aromatic N) is 1. The third-order valence-electron chi connectivity index (χ3n) is 3.14. The van der Waals surface area contributed by atoms with Crippen LogP contribution in [0.15, 0.2) is 16.5 Å². The number of hydrogen-bond donors (Lipinski definition) is 0. The zero-order valence-electron chi connectivity index (χ0n) is 9.41. The van der Waals surface area contributed by atoms with Crippen LogP contribution in [0, 0.1) is 3.77 Å². The lowest BCUT2D eigenvalue weighted by atomic mass is 10.00. The number of furan rings is 1. The van der Waals surface area contributed by atoms with Crippen LogP contribution in [0.5, 0.6) is 0 Å². The smallest absolute Gasteiger partial charge is 0.289 e.